The fourth-order valence-electron chi connectivity index (χ4n) is 2.95. The Balaban J connectivity index is 1.31. The van der Waals surface area contributed by atoms with Gasteiger partial charge in [-0.2, -0.15) is 0 Å². The highest BCUT2D eigenvalue weighted by Gasteiger charge is 2.09. The maximum atomic E-state index is 12.4. The van der Waals surface area contributed by atoms with Crippen LogP contribution in [0.3, 0.4) is 0 Å². The zero-order chi connectivity index (χ0) is 24.5. The Hall–Kier alpha value is -5.09. The van der Waals surface area contributed by atoms with E-state index in [0.717, 1.165) is 22.9 Å². The topological polar surface area (TPSA) is 79.6 Å². The van der Waals surface area contributed by atoms with E-state index in [-0.39, 0.29) is 6.79 Å². The molecular weight excluding hydrogens is 444 g/mol. The van der Waals surface area contributed by atoms with Gasteiger partial charge in [0.05, 0.1) is 11.9 Å². The first-order valence-corrected chi connectivity index (χ1v) is 10.6. The number of esters is 2. The van der Waals surface area contributed by atoms with Gasteiger partial charge in [-0.05, 0) is 72.8 Å². The molecule has 0 atom stereocenters. The van der Waals surface area contributed by atoms with Crippen molar-refractivity contribution in [3.8, 4) is 29.0 Å². The minimum atomic E-state index is -0.581. The Morgan fingerprint density at radius 3 is 2.11 bits per heavy atom. The highest BCUT2D eigenvalue weighted by Crippen LogP contribution is 2.17. The Labute approximate surface area is 202 Å². The van der Waals surface area contributed by atoms with Gasteiger partial charge in [-0.25, -0.2) is 14.6 Å². The zero-order valence-corrected chi connectivity index (χ0v) is 18.6. The average molecular weight is 464 g/mol. The van der Waals surface area contributed by atoms with Crippen molar-refractivity contribution in [1.82, 2.24) is 9.55 Å². The summed E-state index contributed by atoms with van der Waals surface area (Å²) in [6.07, 6.45) is 6.40. The third kappa shape index (κ3) is 6.46. The lowest BCUT2D eigenvalue weighted by Crippen LogP contribution is -2.09. The number of benzene rings is 3. The van der Waals surface area contributed by atoms with E-state index in [1.165, 1.54) is 0 Å². The smallest absolute Gasteiger partial charge is 0.343 e. The second-order valence-electron chi connectivity index (χ2n) is 7.13. The van der Waals surface area contributed by atoms with E-state index in [2.05, 4.69) is 23.4 Å². The molecule has 172 valence electrons. The van der Waals surface area contributed by atoms with Gasteiger partial charge in [-0.3, -0.25) is 0 Å². The van der Waals surface area contributed by atoms with E-state index in [1.807, 2.05) is 35.0 Å². The first-order valence-electron chi connectivity index (χ1n) is 10.6. The largest absolute Gasteiger partial charge is 0.457 e. The molecule has 1 aromatic heterocycles. The second kappa shape index (κ2) is 11.2. The summed E-state index contributed by atoms with van der Waals surface area (Å²) >= 11 is 0. The van der Waals surface area contributed by atoms with Gasteiger partial charge >= 0.3 is 11.9 Å². The maximum absolute atomic E-state index is 12.4. The molecular formula is C28H20N2O5. The summed E-state index contributed by atoms with van der Waals surface area (Å²) in [6, 6.07) is 21.1. The highest BCUT2D eigenvalue weighted by molar-refractivity contribution is 5.91. The molecule has 0 bridgehead atoms. The molecule has 0 spiro atoms. The van der Waals surface area contributed by atoms with Crippen LogP contribution in [0.5, 0.6) is 11.5 Å². The van der Waals surface area contributed by atoms with Crippen LogP contribution in [0.2, 0.25) is 0 Å². The lowest BCUT2D eigenvalue weighted by Gasteiger charge is -2.07. The van der Waals surface area contributed by atoms with E-state index >= 15 is 0 Å². The lowest BCUT2D eigenvalue weighted by atomic mass is 10.1. The normalized spacial score (nSPS) is 9.94. The van der Waals surface area contributed by atoms with Crippen LogP contribution >= 0.6 is 0 Å². The van der Waals surface area contributed by atoms with Crippen LogP contribution in [0.15, 0.2) is 104 Å². The molecule has 0 fully saturated rings. The molecule has 35 heavy (non-hydrogen) atoms. The van der Waals surface area contributed by atoms with Crippen LogP contribution < -0.4 is 9.47 Å². The number of carbonyl (C=O) groups is 2. The minimum absolute atomic E-state index is 0.249. The van der Waals surface area contributed by atoms with Crippen LogP contribution in [0, 0.1) is 11.8 Å². The Morgan fingerprint density at radius 1 is 0.886 bits per heavy atom. The summed E-state index contributed by atoms with van der Waals surface area (Å²) in [7, 11) is 0. The molecule has 0 saturated carbocycles. The number of nitrogens with zero attached hydrogens (tertiary/aromatic N) is 2. The van der Waals surface area contributed by atoms with Crippen molar-refractivity contribution in [1.29, 1.82) is 0 Å². The quantitative estimate of drug-likeness (QED) is 0.131. The van der Waals surface area contributed by atoms with Gasteiger partial charge in [0, 0.05) is 35.3 Å². The summed E-state index contributed by atoms with van der Waals surface area (Å²) in [4.78, 5) is 27.4. The Morgan fingerprint density at radius 2 is 1.51 bits per heavy atom. The number of hydrogen-bond donors (Lipinski definition) is 0. The van der Waals surface area contributed by atoms with E-state index in [0.29, 0.717) is 17.1 Å². The fraction of sp³-hybridized carbons (Fsp3) is 0.0357. The standard InChI is InChI=1S/C28H20N2O5/c1-2-27(31)34-20-33-25-15-9-23(10-16-25)28(32)35-26-13-7-22(8-14-26)4-3-21-5-11-24(12-6-21)30-18-17-29-19-30/h2,5-19H,1,20H2. The molecule has 3 aromatic carbocycles. The van der Waals surface area contributed by atoms with Crippen molar-refractivity contribution in [2.45, 2.75) is 0 Å². The maximum Gasteiger partial charge on any atom is 0.343 e. The summed E-state index contributed by atoms with van der Waals surface area (Å²) in [6.45, 7) is 3.05. The van der Waals surface area contributed by atoms with Crippen LogP contribution in [0.4, 0.5) is 0 Å². The van der Waals surface area contributed by atoms with E-state index in [4.69, 9.17) is 14.2 Å². The lowest BCUT2D eigenvalue weighted by molar-refractivity contribution is -0.144. The van der Waals surface area contributed by atoms with Gasteiger partial charge in [0.15, 0.2) is 0 Å². The van der Waals surface area contributed by atoms with Gasteiger partial charge in [-0.1, -0.05) is 18.4 Å². The van der Waals surface area contributed by atoms with Gasteiger partial charge in [0.25, 0.3) is 0 Å². The molecule has 7 nitrogen and oxygen atoms in total. The molecule has 0 aliphatic carbocycles. The first kappa shape index (κ1) is 23.1. The Kier molecular flexibility index (Phi) is 7.36. The van der Waals surface area contributed by atoms with Crippen LogP contribution in [-0.4, -0.2) is 28.3 Å². The van der Waals surface area contributed by atoms with Crippen LogP contribution in [-0.2, 0) is 9.53 Å². The molecule has 1 heterocycles. The SMILES string of the molecule is C=CC(=O)OCOc1ccc(C(=O)Oc2ccc(C#Cc3ccc(-n4ccnc4)cc3)cc2)cc1. The molecule has 0 N–H and O–H groups in total. The van der Waals surface area contributed by atoms with Gasteiger partial charge < -0.3 is 18.8 Å². The third-order valence-electron chi connectivity index (χ3n) is 4.77. The minimum Gasteiger partial charge on any atom is -0.457 e. The van der Waals surface area contributed by atoms with Crippen molar-refractivity contribution >= 4 is 11.9 Å². The monoisotopic (exact) mass is 464 g/mol. The fourth-order valence-corrected chi connectivity index (χ4v) is 2.95. The third-order valence-corrected chi connectivity index (χ3v) is 4.77. The summed E-state index contributed by atoms with van der Waals surface area (Å²) in [5, 5.41) is 0. The summed E-state index contributed by atoms with van der Waals surface area (Å²) in [5.41, 5.74) is 3.04. The molecule has 0 unspecified atom stereocenters. The molecule has 4 rings (SSSR count). The molecule has 0 aliphatic heterocycles. The number of ether oxygens (including phenoxy) is 3. The van der Waals surface area contributed by atoms with Crippen molar-refractivity contribution in [3.63, 3.8) is 0 Å². The van der Waals surface area contributed by atoms with E-state index < -0.39 is 11.9 Å². The molecule has 0 saturated heterocycles. The van der Waals surface area contributed by atoms with Crippen molar-refractivity contribution in [3.05, 3.63) is 121 Å². The Bertz CT molecular complexity index is 1360. The van der Waals surface area contributed by atoms with Crippen molar-refractivity contribution in [2.24, 2.45) is 0 Å². The predicted octanol–water partition coefficient (Wildman–Crippen LogP) is 4.56. The predicted molar refractivity (Wildman–Crippen MR) is 129 cm³/mol. The number of rotatable bonds is 7. The van der Waals surface area contributed by atoms with Gasteiger partial charge in [-0.15, -0.1) is 0 Å². The van der Waals surface area contributed by atoms with E-state index in [1.54, 1.807) is 61.1 Å². The zero-order valence-electron chi connectivity index (χ0n) is 18.6. The number of aromatic nitrogens is 2. The average Bonchev–Trinajstić information content (AvgIpc) is 3.44. The summed E-state index contributed by atoms with van der Waals surface area (Å²) in [5.74, 6) is 5.98. The van der Waals surface area contributed by atoms with Crippen LogP contribution in [0.25, 0.3) is 5.69 Å². The first-order chi connectivity index (χ1) is 17.1. The molecule has 4 aromatic rings. The van der Waals surface area contributed by atoms with Gasteiger partial charge in [0.1, 0.15) is 11.5 Å². The summed E-state index contributed by atoms with van der Waals surface area (Å²) < 4.78 is 17.3. The second-order valence-corrected chi connectivity index (χ2v) is 7.13. The van der Waals surface area contributed by atoms with Crippen molar-refractivity contribution in [2.75, 3.05) is 6.79 Å². The van der Waals surface area contributed by atoms with E-state index in [9.17, 15) is 9.59 Å². The highest BCUT2D eigenvalue weighted by atomic mass is 16.7. The number of carbonyl (C=O) groups excluding carboxylic acids is 2. The number of hydrogen-bond acceptors (Lipinski definition) is 6. The van der Waals surface area contributed by atoms with Gasteiger partial charge in [0.2, 0.25) is 6.79 Å². The number of imidazole rings is 1. The van der Waals surface area contributed by atoms with Crippen molar-refractivity contribution < 1.29 is 23.8 Å². The molecule has 0 amide bonds. The molecule has 0 radical (unpaired) electrons. The molecule has 7 heteroatoms. The molecule has 0 aliphatic rings. The van der Waals surface area contributed by atoms with Crippen LogP contribution in [0.1, 0.15) is 21.5 Å².